The molecule has 1 heterocycles. The number of hydrogen-bond acceptors (Lipinski definition) is 4. The van der Waals surface area contributed by atoms with Crippen LogP contribution in [0.1, 0.15) is 5.82 Å². The highest BCUT2D eigenvalue weighted by Crippen LogP contribution is 2.15. The number of nitrogens with zero attached hydrogens (tertiary/aromatic N) is 3. The van der Waals surface area contributed by atoms with Crippen molar-refractivity contribution in [2.45, 2.75) is 6.42 Å². The zero-order chi connectivity index (χ0) is 11.4. The van der Waals surface area contributed by atoms with Gasteiger partial charge in [-0.05, 0) is 30.8 Å². The lowest BCUT2D eigenvalue weighted by Crippen LogP contribution is -2.08. The molecule has 0 aliphatic heterocycles. The summed E-state index contributed by atoms with van der Waals surface area (Å²) in [6.45, 7) is 0.564. The summed E-state index contributed by atoms with van der Waals surface area (Å²) in [4.78, 5) is 0. The SMILES string of the molecule is COc1ccc(-n2cnnc2CCN)cc1. The van der Waals surface area contributed by atoms with Gasteiger partial charge in [-0.2, -0.15) is 0 Å². The molecule has 0 radical (unpaired) electrons. The van der Waals surface area contributed by atoms with Gasteiger partial charge in [0.25, 0.3) is 0 Å². The van der Waals surface area contributed by atoms with Gasteiger partial charge in [-0.3, -0.25) is 4.57 Å². The fourth-order valence-electron chi connectivity index (χ4n) is 1.52. The molecule has 1 aromatic carbocycles. The highest BCUT2D eigenvalue weighted by Gasteiger charge is 2.05. The molecule has 0 unspecified atom stereocenters. The molecule has 0 aliphatic carbocycles. The van der Waals surface area contributed by atoms with E-state index in [9.17, 15) is 0 Å². The van der Waals surface area contributed by atoms with Crippen molar-refractivity contribution in [2.75, 3.05) is 13.7 Å². The van der Waals surface area contributed by atoms with E-state index >= 15 is 0 Å². The van der Waals surface area contributed by atoms with Gasteiger partial charge in [0.15, 0.2) is 0 Å². The van der Waals surface area contributed by atoms with Gasteiger partial charge in [-0.25, -0.2) is 0 Å². The van der Waals surface area contributed by atoms with Crippen molar-refractivity contribution in [1.29, 1.82) is 0 Å². The Labute approximate surface area is 93.9 Å². The molecule has 0 atom stereocenters. The molecule has 0 spiro atoms. The Morgan fingerprint density at radius 3 is 2.69 bits per heavy atom. The molecule has 0 saturated carbocycles. The van der Waals surface area contributed by atoms with Gasteiger partial charge >= 0.3 is 0 Å². The minimum atomic E-state index is 0.564. The van der Waals surface area contributed by atoms with Crippen LogP contribution in [0.15, 0.2) is 30.6 Å². The van der Waals surface area contributed by atoms with Gasteiger partial charge < -0.3 is 10.5 Å². The molecule has 84 valence electrons. The van der Waals surface area contributed by atoms with Crippen molar-refractivity contribution in [3.63, 3.8) is 0 Å². The van der Waals surface area contributed by atoms with Crippen LogP contribution in [0.3, 0.4) is 0 Å². The van der Waals surface area contributed by atoms with E-state index in [1.165, 1.54) is 0 Å². The molecule has 1 aromatic heterocycles. The largest absolute Gasteiger partial charge is 0.497 e. The number of methoxy groups -OCH3 is 1. The number of nitrogens with two attached hydrogens (primary N) is 1. The quantitative estimate of drug-likeness (QED) is 0.823. The summed E-state index contributed by atoms with van der Waals surface area (Å²) in [6, 6.07) is 7.73. The number of benzene rings is 1. The summed E-state index contributed by atoms with van der Waals surface area (Å²) in [7, 11) is 1.65. The first-order valence-corrected chi connectivity index (χ1v) is 5.08. The topological polar surface area (TPSA) is 66.0 Å². The van der Waals surface area contributed by atoms with Crippen LogP contribution in [0.2, 0.25) is 0 Å². The van der Waals surface area contributed by atoms with Crippen LogP contribution < -0.4 is 10.5 Å². The van der Waals surface area contributed by atoms with Crippen molar-refractivity contribution < 1.29 is 4.74 Å². The smallest absolute Gasteiger partial charge is 0.138 e. The fraction of sp³-hybridized carbons (Fsp3) is 0.273. The number of rotatable bonds is 4. The van der Waals surface area contributed by atoms with Gasteiger partial charge in [0.1, 0.15) is 17.9 Å². The van der Waals surface area contributed by atoms with Gasteiger partial charge in [-0.1, -0.05) is 0 Å². The lowest BCUT2D eigenvalue weighted by atomic mass is 10.3. The Morgan fingerprint density at radius 1 is 1.31 bits per heavy atom. The van der Waals surface area contributed by atoms with Crippen LogP contribution in [0.4, 0.5) is 0 Å². The number of ether oxygens (including phenoxy) is 1. The second-order valence-corrected chi connectivity index (χ2v) is 3.35. The Hall–Kier alpha value is -1.88. The lowest BCUT2D eigenvalue weighted by molar-refractivity contribution is 0.414. The molecule has 0 fully saturated rings. The Bertz CT molecular complexity index is 449. The Kier molecular flexibility index (Phi) is 3.16. The Balaban J connectivity index is 2.31. The molecule has 5 nitrogen and oxygen atoms in total. The van der Waals surface area contributed by atoms with Crippen molar-refractivity contribution in [1.82, 2.24) is 14.8 Å². The monoisotopic (exact) mass is 218 g/mol. The third-order valence-electron chi connectivity index (χ3n) is 2.34. The summed E-state index contributed by atoms with van der Waals surface area (Å²) in [5.74, 6) is 1.70. The van der Waals surface area contributed by atoms with Crippen molar-refractivity contribution in [3.8, 4) is 11.4 Å². The van der Waals surface area contributed by atoms with E-state index < -0.39 is 0 Å². The highest BCUT2D eigenvalue weighted by atomic mass is 16.5. The first-order valence-electron chi connectivity index (χ1n) is 5.08. The lowest BCUT2D eigenvalue weighted by Gasteiger charge is -2.06. The molecule has 2 rings (SSSR count). The Morgan fingerprint density at radius 2 is 2.06 bits per heavy atom. The third-order valence-corrected chi connectivity index (χ3v) is 2.34. The predicted molar refractivity (Wildman–Crippen MR) is 60.7 cm³/mol. The molecule has 16 heavy (non-hydrogen) atoms. The maximum absolute atomic E-state index is 5.51. The van der Waals surface area contributed by atoms with E-state index in [1.54, 1.807) is 13.4 Å². The minimum Gasteiger partial charge on any atom is -0.497 e. The molecular formula is C11H14N4O. The second-order valence-electron chi connectivity index (χ2n) is 3.35. The van der Waals surface area contributed by atoms with Gasteiger partial charge in [0.05, 0.1) is 7.11 Å². The molecule has 0 amide bonds. The average Bonchev–Trinajstić information content (AvgIpc) is 2.78. The molecule has 2 N–H and O–H groups in total. The van der Waals surface area contributed by atoms with Gasteiger partial charge in [0, 0.05) is 12.1 Å². The van der Waals surface area contributed by atoms with E-state index in [1.807, 2.05) is 28.8 Å². The van der Waals surface area contributed by atoms with Crippen molar-refractivity contribution in [3.05, 3.63) is 36.4 Å². The third kappa shape index (κ3) is 2.04. The van der Waals surface area contributed by atoms with Gasteiger partial charge in [0.2, 0.25) is 0 Å². The van der Waals surface area contributed by atoms with Crippen LogP contribution in [0, 0.1) is 0 Å². The van der Waals surface area contributed by atoms with Gasteiger partial charge in [-0.15, -0.1) is 10.2 Å². The maximum atomic E-state index is 5.51. The fourth-order valence-corrected chi connectivity index (χ4v) is 1.52. The minimum absolute atomic E-state index is 0.564. The summed E-state index contributed by atoms with van der Waals surface area (Å²) >= 11 is 0. The zero-order valence-corrected chi connectivity index (χ0v) is 9.13. The molecular weight excluding hydrogens is 204 g/mol. The van der Waals surface area contributed by atoms with Crippen LogP contribution in [0.25, 0.3) is 5.69 Å². The first-order chi connectivity index (χ1) is 7.85. The van der Waals surface area contributed by atoms with Crippen LogP contribution in [-0.2, 0) is 6.42 Å². The predicted octanol–water partition coefficient (Wildman–Crippen LogP) is 0.777. The second kappa shape index (κ2) is 4.76. The van der Waals surface area contributed by atoms with E-state index in [0.717, 1.165) is 17.3 Å². The van der Waals surface area contributed by atoms with E-state index in [0.29, 0.717) is 13.0 Å². The maximum Gasteiger partial charge on any atom is 0.138 e. The number of aromatic nitrogens is 3. The first kappa shape index (κ1) is 10.6. The molecule has 0 bridgehead atoms. The van der Waals surface area contributed by atoms with E-state index in [-0.39, 0.29) is 0 Å². The molecule has 0 aliphatic rings. The molecule has 2 aromatic rings. The highest BCUT2D eigenvalue weighted by molar-refractivity contribution is 5.37. The summed E-state index contributed by atoms with van der Waals surface area (Å²) in [5, 5.41) is 7.91. The summed E-state index contributed by atoms with van der Waals surface area (Å²) in [5.41, 5.74) is 6.52. The van der Waals surface area contributed by atoms with Crippen molar-refractivity contribution >= 4 is 0 Å². The molecule has 5 heteroatoms. The van der Waals surface area contributed by atoms with E-state index in [4.69, 9.17) is 10.5 Å². The van der Waals surface area contributed by atoms with Crippen LogP contribution in [-0.4, -0.2) is 28.4 Å². The van der Waals surface area contributed by atoms with Crippen molar-refractivity contribution in [2.24, 2.45) is 5.73 Å². The van der Waals surface area contributed by atoms with E-state index in [2.05, 4.69) is 10.2 Å². The summed E-state index contributed by atoms with van der Waals surface area (Å²) in [6.07, 6.45) is 2.40. The molecule has 0 saturated heterocycles. The van der Waals surface area contributed by atoms with Crippen LogP contribution >= 0.6 is 0 Å². The zero-order valence-electron chi connectivity index (χ0n) is 9.13. The summed E-state index contributed by atoms with van der Waals surface area (Å²) < 4.78 is 7.03. The average molecular weight is 218 g/mol. The number of hydrogen-bond donors (Lipinski definition) is 1. The van der Waals surface area contributed by atoms with Crippen LogP contribution in [0.5, 0.6) is 5.75 Å². The standard InChI is InChI=1S/C11H14N4O/c1-16-10-4-2-9(3-5-10)15-8-13-14-11(15)6-7-12/h2-5,8H,6-7,12H2,1H3. The normalized spacial score (nSPS) is 10.4.